The Labute approximate surface area is 97.6 Å². The van der Waals surface area contributed by atoms with Crippen LogP contribution in [-0.4, -0.2) is 18.0 Å². The third-order valence-electron chi connectivity index (χ3n) is 2.97. The van der Waals surface area contributed by atoms with E-state index in [-0.39, 0.29) is 5.78 Å². The second-order valence-electron chi connectivity index (χ2n) is 4.00. The highest BCUT2D eigenvalue weighted by molar-refractivity contribution is 5.85. The van der Waals surface area contributed by atoms with Gasteiger partial charge in [0.1, 0.15) is 5.60 Å². The van der Waals surface area contributed by atoms with Crippen LogP contribution < -0.4 is 0 Å². The van der Waals surface area contributed by atoms with Crippen LogP contribution in [0.2, 0.25) is 0 Å². The van der Waals surface area contributed by atoms with Crippen LogP contribution in [-0.2, 0) is 16.0 Å². The van der Waals surface area contributed by atoms with Gasteiger partial charge in [-0.1, -0.05) is 37.3 Å². The smallest absolute Gasteiger partial charge is 0.161 e. The molecule has 0 bridgehead atoms. The summed E-state index contributed by atoms with van der Waals surface area (Å²) in [6, 6.07) is 10.0. The Hall–Kier alpha value is -1.15. The molecule has 1 atom stereocenters. The van der Waals surface area contributed by atoms with Crippen LogP contribution in [0.1, 0.15) is 32.8 Å². The molecule has 0 amide bonds. The monoisotopic (exact) mass is 220 g/mol. The van der Waals surface area contributed by atoms with Crippen molar-refractivity contribution in [2.75, 3.05) is 6.61 Å². The zero-order valence-corrected chi connectivity index (χ0v) is 10.3. The number of Topliss-reactive ketones (excluding diaryl/α,β-unsaturated/α-hetero) is 1. The molecular formula is C14H20O2. The summed E-state index contributed by atoms with van der Waals surface area (Å²) in [5.41, 5.74) is 0.504. The Morgan fingerprint density at radius 1 is 1.25 bits per heavy atom. The minimum absolute atomic E-state index is 0.112. The fourth-order valence-electron chi connectivity index (χ4n) is 1.96. The molecule has 1 aromatic rings. The van der Waals surface area contributed by atoms with Gasteiger partial charge < -0.3 is 4.74 Å². The van der Waals surface area contributed by atoms with Crippen LogP contribution in [0, 0.1) is 0 Å². The number of carbonyl (C=O) groups is 1. The van der Waals surface area contributed by atoms with Crippen molar-refractivity contribution in [1.82, 2.24) is 0 Å². The van der Waals surface area contributed by atoms with Crippen molar-refractivity contribution in [3.8, 4) is 0 Å². The van der Waals surface area contributed by atoms with E-state index in [0.29, 0.717) is 19.4 Å². The number of ether oxygens (including phenoxy) is 1. The number of hydrogen-bond acceptors (Lipinski definition) is 2. The SMILES string of the molecule is CCOC(CC)(Cc1ccccc1)C(C)=O. The maximum atomic E-state index is 11.8. The second-order valence-corrected chi connectivity index (χ2v) is 4.00. The quantitative estimate of drug-likeness (QED) is 0.736. The molecule has 1 rings (SSSR count). The van der Waals surface area contributed by atoms with Crippen molar-refractivity contribution >= 4 is 5.78 Å². The van der Waals surface area contributed by atoms with E-state index in [0.717, 1.165) is 5.56 Å². The van der Waals surface area contributed by atoms with Gasteiger partial charge in [0.25, 0.3) is 0 Å². The average molecular weight is 220 g/mol. The van der Waals surface area contributed by atoms with E-state index in [1.54, 1.807) is 6.92 Å². The minimum Gasteiger partial charge on any atom is -0.367 e. The summed E-state index contributed by atoms with van der Waals surface area (Å²) in [7, 11) is 0. The number of rotatable bonds is 6. The molecule has 0 aliphatic carbocycles. The van der Waals surface area contributed by atoms with E-state index in [2.05, 4.69) is 0 Å². The molecule has 1 unspecified atom stereocenters. The molecule has 0 N–H and O–H groups in total. The molecule has 0 aliphatic rings. The van der Waals surface area contributed by atoms with Crippen LogP contribution >= 0.6 is 0 Å². The molecule has 0 aliphatic heterocycles. The molecule has 0 aromatic heterocycles. The van der Waals surface area contributed by atoms with E-state index >= 15 is 0 Å². The van der Waals surface area contributed by atoms with Crippen molar-refractivity contribution in [3.63, 3.8) is 0 Å². The second kappa shape index (κ2) is 5.80. The first kappa shape index (κ1) is 12.9. The van der Waals surface area contributed by atoms with Crippen LogP contribution in [0.3, 0.4) is 0 Å². The minimum atomic E-state index is -0.643. The normalized spacial score (nSPS) is 14.4. The Kier molecular flexibility index (Phi) is 4.69. The molecule has 2 heteroatoms. The summed E-state index contributed by atoms with van der Waals surface area (Å²) in [6.45, 7) is 6.11. The summed E-state index contributed by atoms with van der Waals surface area (Å²) in [5.74, 6) is 0.112. The zero-order valence-electron chi connectivity index (χ0n) is 10.3. The van der Waals surface area contributed by atoms with E-state index in [9.17, 15) is 4.79 Å². The predicted molar refractivity (Wildman–Crippen MR) is 65.5 cm³/mol. The summed E-state index contributed by atoms with van der Waals surface area (Å²) >= 11 is 0. The lowest BCUT2D eigenvalue weighted by atomic mass is 9.88. The van der Waals surface area contributed by atoms with Gasteiger partial charge in [0.2, 0.25) is 0 Å². The summed E-state index contributed by atoms with van der Waals surface area (Å²) in [4.78, 5) is 11.8. The Morgan fingerprint density at radius 3 is 2.31 bits per heavy atom. The number of carbonyl (C=O) groups excluding carboxylic acids is 1. The lowest BCUT2D eigenvalue weighted by Gasteiger charge is -2.30. The maximum Gasteiger partial charge on any atom is 0.161 e. The predicted octanol–water partition coefficient (Wildman–Crippen LogP) is 3.00. The first-order valence-corrected chi connectivity index (χ1v) is 5.83. The van der Waals surface area contributed by atoms with Gasteiger partial charge >= 0.3 is 0 Å². The van der Waals surface area contributed by atoms with Crippen LogP contribution in [0.25, 0.3) is 0 Å². The highest BCUT2D eigenvalue weighted by Gasteiger charge is 2.34. The largest absolute Gasteiger partial charge is 0.367 e. The van der Waals surface area contributed by atoms with Gasteiger partial charge in [0.15, 0.2) is 5.78 Å². The lowest BCUT2D eigenvalue weighted by Crippen LogP contribution is -2.41. The van der Waals surface area contributed by atoms with Crippen molar-refractivity contribution in [3.05, 3.63) is 35.9 Å². The number of hydrogen-bond donors (Lipinski definition) is 0. The Morgan fingerprint density at radius 2 is 1.88 bits per heavy atom. The molecule has 0 fully saturated rings. The average Bonchev–Trinajstić information content (AvgIpc) is 2.29. The van der Waals surface area contributed by atoms with Crippen molar-refractivity contribution in [1.29, 1.82) is 0 Å². The fraction of sp³-hybridized carbons (Fsp3) is 0.500. The summed E-state index contributed by atoms with van der Waals surface area (Å²) in [5, 5.41) is 0. The molecule has 0 spiro atoms. The lowest BCUT2D eigenvalue weighted by molar-refractivity contribution is -0.142. The molecular weight excluding hydrogens is 200 g/mol. The molecule has 0 heterocycles. The van der Waals surface area contributed by atoms with Crippen LogP contribution in [0.15, 0.2) is 30.3 Å². The molecule has 0 saturated carbocycles. The molecule has 2 nitrogen and oxygen atoms in total. The van der Waals surface area contributed by atoms with Gasteiger partial charge in [-0.25, -0.2) is 0 Å². The topological polar surface area (TPSA) is 26.3 Å². The van der Waals surface area contributed by atoms with Crippen molar-refractivity contribution < 1.29 is 9.53 Å². The third kappa shape index (κ3) is 2.92. The Bertz CT molecular complexity index is 332. The molecule has 0 radical (unpaired) electrons. The van der Waals surface area contributed by atoms with Gasteiger partial charge in [0.05, 0.1) is 0 Å². The van der Waals surface area contributed by atoms with E-state index in [1.165, 1.54) is 0 Å². The van der Waals surface area contributed by atoms with Gasteiger partial charge in [-0.05, 0) is 25.8 Å². The van der Waals surface area contributed by atoms with E-state index < -0.39 is 5.60 Å². The Balaban J connectivity index is 2.90. The third-order valence-corrected chi connectivity index (χ3v) is 2.97. The fourth-order valence-corrected chi connectivity index (χ4v) is 1.96. The molecule has 16 heavy (non-hydrogen) atoms. The first-order valence-electron chi connectivity index (χ1n) is 5.83. The molecule has 0 saturated heterocycles. The van der Waals surface area contributed by atoms with E-state index in [1.807, 2.05) is 44.2 Å². The van der Waals surface area contributed by atoms with Gasteiger partial charge in [-0.15, -0.1) is 0 Å². The zero-order chi connectivity index (χ0) is 12.0. The van der Waals surface area contributed by atoms with Crippen molar-refractivity contribution in [2.24, 2.45) is 0 Å². The summed E-state index contributed by atoms with van der Waals surface area (Å²) in [6.07, 6.45) is 1.37. The van der Waals surface area contributed by atoms with Crippen molar-refractivity contribution in [2.45, 2.75) is 39.2 Å². The first-order chi connectivity index (χ1) is 7.64. The maximum absolute atomic E-state index is 11.8. The van der Waals surface area contributed by atoms with Crippen LogP contribution in [0.4, 0.5) is 0 Å². The highest BCUT2D eigenvalue weighted by Crippen LogP contribution is 2.23. The molecule has 1 aromatic carbocycles. The summed E-state index contributed by atoms with van der Waals surface area (Å²) < 4.78 is 5.69. The van der Waals surface area contributed by atoms with E-state index in [4.69, 9.17) is 4.74 Å². The number of benzene rings is 1. The van der Waals surface area contributed by atoms with Crippen LogP contribution in [0.5, 0.6) is 0 Å². The number of ketones is 1. The standard InChI is InChI=1S/C14H20O2/c1-4-14(12(3)15,16-5-2)11-13-9-7-6-8-10-13/h6-10H,4-5,11H2,1-3H3. The molecule has 88 valence electrons. The van der Waals surface area contributed by atoms with Gasteiger partial charge in [-0.3, -0.25) is 4.79 Å². The highest BCUT2D eigenvalue weighted by atomic mass is 16.5. The van der Waals surface area contributed by atoms with Gasteiger partial charge in [0, 0.05) is 13.0 Å². The van der Waals surface area contributed by atoms with Gasteiger partial charge in [-0.2, -0.15) is 0 Å².